The third-order valence-electron chi connectivity index (χ3n) is 4.16. The molecule has 4 heteroatoms. The van der Waals surface area contributed by atoms with Crippen LogP contribution in [0.4, 0.5) is 0 Å². The Kier molecular flexibility index (Phi) is 1.60. The van der Waals surface area contributed by atoms with Gasteiger partial charge in [0.25, 0.3) is 0 Å². The van der Waals surface area contributed by atoms with Crippen LogP contribution < -0.4 is 0 Å². The fourth-order valence-corrected chi connectivity index (χ4v) is 3.71. The van der Waals surface area contributed by atoms with Crippen molar-refractivity contribution in [2.45, 2.75) is 25.7 Å². The number of hydrogen-bond acceptors (Lipinski definition) is 4. The van der Waals surface area contributed by atoms with Gasteiger partial charge in [-0.25, -0.2) is 0 Å². The van der Waals surface area contributed by atoms with E-state index in [1.807, 2.05) is 0 Å². The zero-order chi connectivity index (χ0) is 9.71. The minimum Gasteiger partial charge on any atom is -0.411 e. The molecule has 0 aromatic carbocycles. The summed E-state index contributed by atoms with van der Waals surface area (Å²) in [6.45, 7) is 0. The van der Waals surface area contributed by atoms with Gasteiger partial charge in [0.05, 0.1) is 11.4 Å². The van der Waals surface area contributed by atoms with E-state index in [0.717, 1.165) is 30.2 Å². The molecule has 0 amide bonds. The van der Waals surface area contributed by atoms with E-state index >= 15 is 0 Å². The van der Waals surface area contributed by atoms with Gasteiger partial charge in [0.1, 0.15) is 0 Å². The van der Waals surface area contributed by atoms with Crippen LogP contribution >= 0.6 is 0 Å². The maximum Gasteiger partial charge on any atom is 0.0690 e. The molecule has 4 fully saturated rings. The average molecular weight is 194 g/mol. The topological polar surface area (TPSA) is 65.2 Å². The largest absolute Gasteiger partial charge is 0.411 e. The standard InChI is InChI=1S/C10H14N2O2/c13-11-9-6-1-5-2-7(4-6)10(12-14)8(9)3-5/h5-8,13-14H,1-4H2/b11-9+,12-10+/t5?,6-,7+,8?. The lowest BCUT2D eigenvalue weighted by Gasteiger charge is -2.49. The van der Waals surface area contributed by atoms with E-state index in [9.17, 15) is 0 Å². The molecule has 4 aliphatic rings. The first-order valence-electron chi connectivity index (χ1n) is 5.27. The number of oxime groups is 2. The van der Waals surface area contributed by atoms with Crippen molar-refractivity contribution in [2.75, 3.05) is 0 Å². The van der Waals surface area contributed by atoms with Crippen LogP contribution in [0.1, 0.15) is 25.7 Å². The zero-order valence-corrected chi connectivity index (χ0v) is 7.93. The van der Waals surface area contributed by atoms with Crippen molar-refractivity contribution in [1.82, 2.24) is 0 Å². The van der Waals surface area contributed by atoms with Gasteiger partial charge in [-0.05, 0) is 31.6 Å². The zero-order valence-electron chi connectivity index (χ0n) is 7.93. The van der Waals surface area contributed by atoms with Gasteiger partial charge in [-0.2, -0.15) is 0 Å². The van der Waals surface area contributed by atoms with Gasteiger partial charge in [-0.3, -0.25) is 0 Å². The first-order valence-corrected chi connectivity index (χ1v) is 5.27. The highest BCUT2D eigenvalue weighted by atomic mass is 16.4. The highest BCUT2D eigenvalue weighted by molar-refractivity contribution is 6.12. The number of rotatable bonds is 0. The van der Waals surface area contributed by atoms with Crippen LogP contribution in [0.5, 0.6) is 0 Å². The van der Waals surface area contributed by atoms with Crippen molar-refractivity contribution in [3.8, 4) is 0 Å². The quantitative estimate of drug-likeness (QED) is 0.455. The van der Waals surface area contributed by atoms with Gasteiger partial charge in [0, 0.05) is 17.8 Å². The molecule has 0 spiro atoms. The van der Waals surface area contributed by atoms with Gasteiger partial charge in [0.15, 0.2) is 0 Å². The predicted molar refractivity (Wildman–Crippen MR) is 50.9 cm³/mol. The Morgan fingerprint density at radius 3 is 1.93 bits per heavy atom. The third-order valence-corrected chi connectivity index (χ3v) is 4.16. The molecular weight excluding hydrogens is 180 g/mol. The van der Waals surface area contributed by atoms with Crippen LogP contribution in [0.15, 0.2) is 10.3 Å². The highest BCUT2D eigenvalue weighted by Crippen LogP contribution is 2.50. The first kappa shape index (κ1) is 8.26. The summed E-state index contributed by atoms with van der Waals surface area (Å²) < 4.78 is 0. The maximum absolute atomic E-state index is 8.96. The molecule has 4 aliphatic carbocycles. The Labute approximate surface area is 82.3 Å². The summed E-state index contributed by atoms with van der Waals surface area (Å²) in [6, 6.07) is 0. The second-order valence-electron chi connectivity index (χ2n) is 4.80. The molecule has 0 aromatic heterocycles. The van der Waals surface area contributed by atoms with Crippen LogP contribution in [-0.4, -0.2) is 21.8 Å². The summed E-state index contributed by atoms with van der Waals surface area (Å²) in [6.07, 6.45) is 4.38. The summed E-state index contributed by atoms with van der Waals surface area (Å²) in [5.41, 5.74) is 1.73. The van der Waals surface area contributed by atoms with Gasteiger partial charge in [-0.15, -0.1) is 0 Å². The predicted octanol–water partition coefficient (Wildman–Crippen LogP) is 1.71. The molecule has 2 N–H and O–H groups in total. The Morgan fingerprint density at radius 1 is 0.857 bits per heavy atom. The van der Waals surface area contributed by atoms with E-state index in [0.29, 0.717) is 11.8 Å². The fourth-order valence-electron chi connectivity index (χ4n) is 3.71. The van der Waals surface area contributed by atoms with Crippen molar-refractivity contribution in [2.24, 2.45) is 34.0 Å². The van der Waals surface area contributed by atoms with Crippen LogP contribution in [0.2, 0.25) is 0 Å². The SMILES string of the molecule is O/N=C1/C2CC3C[C@@H]1C[C@H](C3)/C2=N\O. The first-order chi connectivity index (χ1) is 6.83. The Bertz CT molecular complexity index is 296. The number of nitrogens with zero attached hydrogens (tertiary/aromatic N) is 2. The molecule has 0 radical (unpaired) electrons. The molecule has 4 bridgehead atoms. The molecule has 4 saturated carbocycles. The monoisotopic (exact) mass is 194 g/mol. The van der Waals surface area contributed by atoms with E-state index in [1.165, 1.54) is 12.8 Å². The van der Waals surface area contributed by atoms with Gasteiger partial charge >= 0.3 is 0 Å². The maximum atomic E-state index is 8.96. The lowest BCUT2D eigenvalue weighted by Crippen LogP contribution is -2.51. The van der Waals surface area contributed by atoms with E-state index in [4.69, 9.17) is 10.4 Å². The normalized spacial score (nSPS) is 50.6. The fraction of sp³-hybridized carbons (Fsp3) is 0.800. The Balaban J connectivity index is 2.03. The smallest absolute Gasteiger partial charge is 0.0690 e. The van der Waals surface area contributed by atoms with Crippen molar-refractivity contribution >= 4 is 11.4 Å². The van der Waals surface area contributed by atoms with Crippen molar-refractivity contribution < 1.29 is 10.4 Å². The molecule has 2 unspecified atom stereocenters. The second-order valence-corrected chi connectivity index (χ2v) is 4.80. The molecule has 76 valence electrons. The third kappa shape index (κ3) is 0.885. The Hall–Kier alpha value is -1.06. The van der Waals surface area contributed by atoms with Crippen LogP contribution in [0, 0.1) is 23.7 Å². The molecule has 14 heavy (non-hydrogen) atoms. The molecule has 4 rings (SSSR count). The van der Waals surface area contributed by atoms with Crippen molar-refractivity contribution in [3.63, 3.8) is 0 Å². The van der Waals surface area contributed by atoms with Crippen LogP contribution in [0.3, 0.4) is 0 Å². The molecule has 4 atom stereocenters. The van der Waals surface area contributed by atoms with Crippen molar-refractivity contribution in [1.29, 1.82) is 0 Å². The summed E-state index contributed by atoms with van der Waals surface area (Å²) in [5.74, 6) is 1.81. The molecule has 4 nitrogen and oxygen atoms in total. The van der Waals surface area contributed by atoms with Gasteiger partial charge < -0.3 is 10.4 Å². The second kappa shape index (κ2) is 2.72. The van der Waals surface area contributed by atoms with E-state index < -0.39 is 0 Å². The molecule has 0 aliphatic heterocycles. The van der Waals surface area contributed by atoms with E-state index in [-0.39, 0.29) is 5.92 Å². The molecule has 0 heterocycles. The lowest BCUT2D eigenvalue weighted by molar-refractivity contribution is 0.181. The van der Waals surface area contributed by atoms with Gasteiger partial charge in [0.2, 0.25) is 0 Å². The summed E-state index contributed by atoms with van der Waals surface area (Å²) >= 11 is 0. The van der Waals surface area contributed by atoms with Crippen LogP contribution in [-0.2, 0) is 0 Å². The summed E-state index contributed by atoms with van der Waals surface area (Å²) in [7, 11) is 0. The Morgan fingerprint density at radius 2 is 1.43 bits per heavy atom. The lowest BCUT2D eigenvalue weighted by atomic mass is 9.54. The average Bonchev–Trinajstić information content (AvgIpc) is 2.17. The minimum absolute atomic E-state index is 0.140. The van der Waals surface area contributed by atoms with Crippen molar-refractivity contribution in [3.05, 3.63) is 0 Å². The molecule has 0 aromatic rings. The van der Waals surface area contributed by atoms with E-state index in [1.54, 1.807) is 0 Å². The highest BCUT2D eigenvalue weighted by Gasteiger charge is 2.50. The molecule has 0 saturated heterocycles. The van der Waals surface area contributed by atoms with E-state index in [2.05, 4.69) is 10.3 Å². The van der Waals surface area contributed by atoms with Crippen LogP contribution in [0.25, 0.3) is 0 Å². The molecular formula is C10H14N2O2. The minimum atomic E-state index is 0.140. The summed E-state index contributed by atoms with van der Waals surface area (Å²) in [5, 5.41) is 24.7. The number of hydrogen-bond donors (Lipinski definition) is 2. The van der Waals surface area contributed by atoms with Gasteiger partial charge in [-0.1, -0.05) is 10.3 Å². The summed E-state index contributed by atoms with van der Waals surface area (Å²) in [4.78, 5) is 0.